The summed E-state index contributed by atoms with van der Waals surface area (Å²) in [5.74, 6) is 0.963. The highest BCUT2D eigenvalue weighted by molar-refractivity contribution is 5.65. The summed E-state index contributed by atoms with van der Waals surface area (Å²) < 4.78 is 13.3. The molecule has 0 radical (unpaired) electrons. The molecule has 0 aliphatic carbocycles. The lowest BCUT2D eigenvalue weighted by molar-refractivity contribution is -0.0360. The molecular formula is C20H19N5O2. The van der Waals surface area contributed by atoms with Crippen molar-refractivity contribution in [1.29, 1.82) is 0 Å². The molecule has 0 aromatic carbocycles. The van der Waals surface area contributed by atoms with Crippen LogP contribution >= 0.6 is 0 Å². The number of pyridine rings is 2. The SMILES string of the molecule is c1cncc(-c2ccc3c(C4CN(Cc5ccco5)CCO4)nnn3c2)c1. The maximum absolute atomic E-state index is 6.00. The van der Waals surface area contributed by atoms with Crippen molar-refractivity contribution in [3.05, 3.63) is 72.7 Å². The molecule has 27 heavy (non-hydrogen) atoms. The molecule has 7 heteroatoms. The molecule has 1 unspecified atom stereocenters. The zero-order chi connectivity index (χ0) is 18.1. The first-order valence-corrected chi connectivity index (χ1v) is 8.98. The monoisotopic (exact) mass is 361 g/mol. The highest BCUT2D eigenvalue weighted by Gasteiger charge is 2.26. The van der Waals surface area contributed by atoms with E-state index in [1.807, 2.05) is 47.2 Å². The molecule has 1 fully saturated rings. The van der Waals surface area contributed by atoms with E-state index in [0.717, 1.165) is 47.7 Å². The van der Waals surface area contributed by atoms with Crippen molar-refractivity contribution in [2.45, 2.75) is 12.6 Å². The van der Waals surface area contributed by atoms with E-state index < -0.39 is 0 Å². The second-order valence-electron chi connectivity index (χ2n) is 6.64. The van der Waals surface area contributed by atoms with Crippen LogP contribution in [-0.2, 0) is 11.3 Å². The number of aromatic nitrogens is 4. The Morgan fingerprint density at radius 1 is 1.11 bits per heavy atom. The zero-order valence-electron chi connectivity index (χ0n) is 14.7. The summed E-state index contributed by atoms with van der Waals surface area (Å²) in [6, 6.07) is 12.0. The van der Waals surface area contributed by atoms with Crippen LogP contribution in [0.1, 0.15) is 17.6 Å². The number of ether oxygens (including phenoxy) is 1. The summed E-state index contributed by atoms with van der Waals surface area (Å²) in [6.45, 7) is 3.08. The van der Waals surface area contributed by atoms with Gasteiger partial charge in [0, 0.05) is 42.8 Å². The Bertz CT molecular complexity index is 1030. The van der Waals surface area contributed by atoms with Crippen molar-refractivity contribution in [3.63, 3.8) is 0 Å². The van der Waals surface area contributed by atoms with Crippen molar-refractivity contribution in [1.82, 2.24) is 24.7 Å². The lowest BCUT2D eigenvalue weighted by atomic mass is 10.1. The van der Waals surface area contributed by atoms with Gasteiger partial charge in [0.2, 0.25) is 0 Å². The van der Waals surface area contributed by atoms with E-state index in [4.69, 9.17) is 9.15 Å². The molecule has 4 aromatic rings. The van der Waals surface area contributed by atoms with Crippen LogP contribution in [0.25, 0.3) is 16.6 Å². The molecule has 0 spiro atoms. The van der Waals surface area contributed by atoms with Crippen LogP contribution in [-0.4, -0.2) is 44.4 Å². The third-order valence-corrected chi connectivity index (χ3v) is 4.85. The van der Waals surface area contributed by atoms with Gasteiger partial charge in [0.05, 0.1) is 24.9 Å². The van der Waals surface area contributed by atoms with Crippen molar-refractivity contribution in [2.75, 3.05) is 19.7 Å². The summed E-state index contributed by atoms with van der Waals surface area (Å²) in [6.07, 6.45) is 7.20. The minimum Gasteiger partial charge on any atom is -0.468 e. The van der Waals surface area contributed by atoms with Gasteiger partial charge < -0.3 is 9.15 Å². The Morgan fingerprint density at radius 3 is 2.96 bits per heavy atom. The van der Waals surface area contributed by atoms with Gasteiger partial charge in [-0.15, -0.1) is 5.10 Å². The molecule has 1 aliphatic heterocycles. The number of hydrogen-bond acceptors (Lipinski definition) is 6. The fourth-order valence-electron chi connectivity index (χ4n) is 3.48. The predicted molar refractivity (Wildman–Crippen MR) is 98.9 cm³/mol. The maximum Gasteiger partial charge on any atom is 0.121 e. The number of morpholine rings is 1. The lowest BCUT2D eigenvalue weighted by Gasteiger charge is -2.31. The van der Waals surface area contributed by atoms with Gasteiger partial charge >= 0.3 is 0 Å². The minimum absolute atomic E-state index is 0.101. The third kappa shape index (κ3) is 3.22. The van der Waals surface area contributed by atoms with Crippen LogP contribution < -0.4 is 0 Å². The van der Waals surface area contributed by atoms with E-state index >= 15 is 0 Å². The maximum atomic E-state index is 6.00. The van der Waals surface area contributed by atoms with Gasteiger partial charge in [0.25, 0.3) is 0 Å². The van der Waals surface area contributed by atoms with Crippen LogP contribution in [0.2, 0.25) is 0 Å². The van der Waals surface area contributed by atoms with Crippen LogP contribution in [0.15, 0.2) is 65.7 Å². The van der Waals surface area contributed by atoms with Crippen molar-refractivity contribution in [3.8, 4) is 11.1 Å². The van der Waals surface area contributed by atoms with Crippen LogP contribution in [0, 0.1) is 0 Å². The first kappa shape index (κ1) is 16.2. The Hall–Kier alpha value is -3.03. The average molecular weight is 361 g/mol. The van der Waals surface area contributed by atoms with Gasteiger partial charge in [0.15, 0.2) is 0 Å². The van der Waals surface area contributed by atoms with Gasteiger partial charge in [-0.05, 0) is 24.3 Å². The van der Waals surface area contributed by atoms with E-state index in [2.05, 4.69) is 26.3 Å². The van der Waals surface area contributed by atoms with E-state index in [0.29, 0.717) is 6.61 Å². The Balaban J connectivity index is 1.39. The molecule has 5 rings (SSSR count). The summed E-state index contributed by atoms with van der Waals surface area (Å²) >= 11 is 0. The fraction of sp³-hybridized carbons (Fsp3) is 0.250. The van der Waals surface area contributed by atoms with E-state index in [9.17, 15) is 0 Å². The quantitative estimate of drug-likeness (QED) is 0.557. The Labute approximate surface area is 156 Å². The standard InChI is InChI=1S/C20H19N5O2/c1-3-15(11-21-7-1)16-5-6-18-20(22-23-25(18)12-16)19-14-24(8-10-27-19)13-17-4-2-9-26-17/h1-7,9,11-12,19H,8,10,13-14H2. The van der Waals surface area contributed by atoms with Gasteiger partial charge in [-0.1, -0.05) is 17.3 Å². The molecule has 1 atom stereocenters. The fourth-order valence-corrected chi connectivity index (χ4v) is 3.48. The summed E-state index contributed by atoms with van der Waals surface area (Å²) in [4.78, 5) is 6.50. The lowest BCUT2D eigenvalue weighted by Crippen LogP contribution is -2.37. The zero-order valence-corrected chi connectivity index (χ0v) is 14.7. The molecule has 7 nitrogen and oxygen atoms in total. The summed E-state index contributed by atoms with van der Waals surface area (Å²) in [5.41, 5.74) is 3.94. The molecule has 0 bridgehead atoms. The minimum atomic E-state index is -0.101. The van der Waals surface area contributed by atoms with Gasteiger partial charge in [-0.3, -0.25) is 9.88 Å². The van der Waals surface area contributed by atoms with Crippen LogP contribution in [0.4, 0.5) is 0 Å². The molecule has 1 aliphatic rings. The molecule has 4 aromatic heterocycles. The summed E-state index contributed by atoms with van der Waals surface area (Å²) in [7, 11) is 0. The van der Waals surface area contributed by atoms with Crippen molar-refractivity contribution in [2.24, 2.45) is 0 Å². The second-order valence-corrected chi connectivity index (χ2v) is 6.64. The molecule has 136 valence electrons. The topological polar surface area (TPSA) is 68.7 Å². The van der Waals surface area contributed by atoms with Crippen LogP contribution in [0.3, 0.4) is 0 Å². The molecule has 1 saturated heterocycles. The third-order valence-electron chi connectivity index (χ3n) is 4.85. The summed E-state index contributed by atoms with van der Waals surface area (Å²) in [5, 5.41) is 8.72. The van der Waals surface area contributed by atoms with E-state index in [1.54, 1.807) is 12.5 Å². The average Bonchev–Trinajstić information content (AvgIpc) is 3.38. The number of rotatable bonds is 4. The molecule has 5 heterocycles. The number of hydrogen-bond donors (Lipinski definition) is 0. The highest BCUT2D eigenvalue weighted by atomic mass is 16.5. The number of furan rings is 1. The Kier molecular flexibility index (Phi) is 4.16. The normalized spacial score (nSPS) is 18.1. The number of fused-ring (bicyclic) bond motifs is 1. The smallest absolute Gasteiger partial charge is 0.121 e. The Morgan fingerprint density at radius 2 is 2.11 bits per heavy atom. The van der Waals surface area contributed by atoms with Gasteiger partial charge in [-0.2, -0.15) is 0 Å². The number of nitrogens with zero attached hydrogens (tertiary/aromatic N) is 5. The molecule has 0 saturated carbocycles. The molecule has 0 amide bonds. The largest absolute Gasteiger partial charge is 0.468 e. The van der Waals surface area contributed by atoms with E-state index in [1.165, 1.54) is 0 Å². The first-order chi connectivity index (χ1) is 13.4. The van der Waals surface area contributed by atoms with Crippen molar-refractivity contribution < 1.29 is 9.15 Å². The first-order valence-electron chi connectivity index (χ1n) is 8.98. The highest BCUT2D eigenvalue weighted by Crippen LogP contribution is 2.27. The predicted octanol–water partition coefficient (Wildman–Crippen LogP) is 2.96. The van der Waals surface area contributed by atoms with Crippen molar-refractivity contribution >= 4 is 5.52 Å². The molecule has 0 N–H and O–H groups in total. The van der Waals surface area contributed by atoms with Crippen LogP contribution in [0.5, 0.6) is 0 Å². The molecular weight excluding hydrogens is 342 g/mol. The van der Waals surface area contributed by atoms with E-state index in [-0.39, 0.29) is 6.10 Å². The van der Waals surface area contributed by atoms with Gasteiger partial charge in [-0.25, -0.2) is 4.52 Å². The second kappa shape index (κ2) is 6.94. The van der Waals surface area contributed by atoms with Gasteiger partial charge in [0.1, 0.15) is 17.6 Å².